The van der Waals surface area contributed by atoms with Crippen molar-refractivity contribution >= 4 is 22.5 Å². The number of hydrogen-bond acceptors (Lipinski definition) is 3. The van der Waals surface area contributed by atoms with E-state index in [1.807, 2.05) is 18.7 Å². The summed E-state index contributed by atoms with van der Waals surface area (Å²) in [7, 11) is 0. The minimum absolute atomic E-state index is 0.0603. The van der Waals surface area contributed by atoms with Crippen LogP contribution >= 0.6 is 11.8 Å². The van der Waals surface area contributed by atoms with Gasteiger partial charge >= 0.3 is 0 Å². The molecule has 0 spiro atoms. The Balaban J connectivity index is 1.78. The van der Waals surface area contributed by atoms with Crippen molar-refractivity contribution in [1.29, 1.82) is 0 Å². The Kier molecular flexibility index (Phi) is 5.46. The summed E-state index contributed by atoms with van der Waals surface area (Å²) in [4.78, 5) is 1.32. The molecule has 1 atom stereocenters. The summed E-state index contributed by atoms with van der Waals surface area (Å²) >= 11 is 1.89. The molecule has 1 unspecified atom stereocenters. The van der Waals surface area contributed by atoms with Gasteiger partial charge in [0.1, 0.15) is 0 Å². The molecule has 2 aromatic rings. The molecule has 0 saturated carbocycles. The van der Waals surface area contributed by atoms with E-state index in [0.717, 1.165) is 25.0 Å². The lowest BCUT2D eigenvalue weighted by molar-refractivity contribution is 0.198. The number of rotatable bonds is 7. The first-order valence-corrected chi connectivity index (χ1v) is 8.11. The van der Waals surface area contributed by atoms with Crippen LogP contribution < -0.4 is 5.73 Å². The van der Waals surface area contributed by atoms with E-state index in [1.54, 1.807) is 0 Å². The highest BCUT2D eigenvalue weighted by atomic mass is 32.2. The van der Waals surface area contributed by atoms with Crippen LogP contribution in [0.25, 0.3) is 10.8 Å². The largest absolute Gasteiger partial charge is 0.394 e. The zero-order valence-corrected chi connectivity index (χ0v) is 12.8. The van der Waals surface area contributed by atoms with E-state index < -0.39 is 5.54 Å². The van der Waals surface area contributed by atoms with E-state index in [2.05, 4.69) is 42.5 Å². The van der Waals surface area contributed by atoms with Gasteiger partial charge in [-0.1, -0.05) is 36.8 Å². The topological polar surface area (TPSA) is 46.2 Å². The molecule has 2 aromatic carbocycles. The van der Waals surface area contributed by atoms with Crippen molar-refractivity contribution in [2.75, 3.05) is 12.4 Å². The summed E-state index contributed by atoms with van der Waals surface area (Å²) in [5.74, 6) is 1.10. The normalized spacial score (nSPS) is 14.3. The molecule has 0 aliphatic heterocycles. The highest BCUT2D eigenvalue weighted by Crippen LogP contribution is 2.24. The summed E-state index contributed by atoms with van der Waals surface area (Å²) in [6.07, 6.45) is 3.07. The second kappa shape index (κ2) is 7.11. The Hall–Kier alpha value is -1.03. The number of nitrogens with two attached hydrogens (primary N) is 1. The fraction of sp³-hybridized carbons (Fsp3) is 0.412. The fourth-order valence-corrected chi connectivity index (χ4v) is 3.12. The molecule has 108 valence electrons. The van der Waals surface area contributed by atoms with E-state index in [0.29, 0.717) is 0 Å². The molecule has 3 N–H and O–H groups in total. The minimum Gasteiger partial charge on any atom is -0.394 e. The maximum Gasteiger partial charge on any atom is 0.0608 e. The zero-order valence-electron chi connectivity index (χ0n) is 12.0. The summed E-state index contributed by atoms with van der Waals surface area (Å²) in [6, 6.07) is 15.1. The maximum absolute atomic E-state index is 9.10. The third kappa shape index (κ3) is 4.51. The summed E-state index contributed by atoms with van der Waals surface area (Å²) in [6.45, 7) is 1.97. The van der Waals surface area contributed by atoms with Crippen LogP contribution in [-0.4, -0.2) is 23.0 Å². The Bertz CT molecular complexity index is 553. The second-order valence-electron chi connectivity index (χ2n) is 5.63. The van der Waals surface area contributed by atoms with Crippen molar-refractivity contribution < 1.29 is 5.11 Å². The highest BCUT2D eigenvalue weighted by molar-refractivity contribution is 7.99. The number of hydrogen-bond donors (Lipinski definition) is 2. The van der Waals surface area contributed by atoms with Gasteiger partial charge in [-0.25, -0.2) is 0 Å². The predicted octanol–water partition coefficient (Wildman–Crippen LogP) is 3.81. The van der Waals surface area contributed by atoms with Crippen LogP contribution in [0.5, 0.6) is 0 Å². The molecule has 0 amide bonds. The molecule has 0 saturated heterocycles. The van der Waals surface area contributed by atoms with Gasteiger partial charge in [0, 0.05) is 10.4 Å². The van der Waals surface area contributed by atoms with Crippen LogP contribution in [-0.2, 0) is 0 Å². The van der Waals surface area contributed by atoms with Crippen LogP contribution in [0.3, 0.4) is 0 Å². The van der Waals surface area contributed by atoms with Gasteiger partial charge in [0.05, 0.1) is 6.61 Å². The standard InChI is InChI=1S/C17H23NOS/c1-17(18,13-19)10-4-5-11-20-16-9-8-14-6-2-3-7-15(14)12-16/h2-3,6-9,12,19H,4-5,10-11,13,18H2,1H3. The first-order valence-electron chi connectivity index (χ1n) is 7.12. The van der Waals surface area contributed by atoms with E-state index in [-0.39, 0.29) is 6.61 Å². The molecule has 20 heavy (non-hydrogen) atoms. The van der Waals surface area contributed by atoms with Crippen molar-refractivity contribution in [3.8, 4) is 0 Å². The average Bonchev–Trinajstić information content (AvgIpc) is 2.46. The van der Waals surface area contributed by atoms with Crippen molar-refractivity contribution in [3.05, 3.63) is 42.5 Å². The van der Waals surface area contributed by atoms with Crippen molar-refractivity contribution in [1.82, 2.24) is 0 Å². The van der Waals surface area contributed by atoms with Crippen LogP contribution in [0, 0.1) is 0 Å². The Morgan fingerprint density at radius 3 is 2.60 bits per heavy atom. The van der Waals surface area contributed by atoms with Crippen LogP contribution in [0.1, 0.15) is 26.2 Å². The molecule has 2 rings (SSSR count). The molecule has 0 radical (unpaired) electrons. The molecule has 0 heterocycles. The molecular weight excluding hydrogens is 266 g/mol. The van der Waals surface area contributed by atoms with E-state index in [1.165, 1.54) is 15.7 Å². The third-order valence-corrected chi connectivity index (χ3v) is 4.57. The quantitative estimate of drug-likeness (QED) is 0.602. The molecule has 0 aliphatic carbocycles. The number of aliphatic hydroxyl groups is 1. The summed E-state index contributed by atoms with van der Waals surface area (Å²) in [5.41, 5.74) is 5.49. The molecule has 0 fully saturated rings. The van der Waals surface area contributed by atoms with Crippen LogP contribution in [0.15, 0.2) is 47.4 Å². The fourth-order valence-electron chi connectivity index (χ4n) is 2.16. The number of benzene rings is 2. The molecule has 0 bridgehead atoms. The zero-order chi connectivity index (χ0) is 14.4. The Morgan fingerprint density at radius 1 is 1.10 bits per heavy atom. The first kappa shape index (κ1) is 15.4. The minimum atomic E-state index is -0.423. The molecule has 3 heteroatoms. The van der Waals surface area contributed by atoms with Crippen LogP contribution in [0.2, 0.25) is 0 Å². The smallest absolute Gasteiger partial charge is 0.0608 e. The Morgan fingerprint density at radius 2 is 1.85 bits per heavy atom. The lowest BCUT2D eigenvalue weighted by atomic mass is 9.98. The predicted molar refractivity (Wildman–Crippen MR) is 88.2 cm³/mol. The second-order valence-corrected chi connectivity index (χ2v) is 6.79. The van der Waals surface area contributed by atoms with E-state index in [4.69, 9.17) is 10.8 Å². The molecule has 2 nitrogen and oxygen atoms in total. The highest BCUT2D eigenvalue weighted by Gasteiger charge is 2.15. The summed E-state index contributed by atoms with van der Waals surface area (Å²) in [5, 5.41) is 11.7. The van der Waals surface area contributed by atoms with Gasteiger partial charge < -0.3 is 10.8 Å². The van der Waals surface area contributed by atoms with Gasteiger partial charge in [0.15, 0.2) is 0 Å². The third-order valence-electron chi connectivity index (χ3n) is 3.49. The molecule has 0 aromatic heterocycles. The van der Waals surface area contributed by atoms with E-state index >= 15 is 0 Å². The number of aliphatic hydroxyl groups excluding tert-OH is 1. The van der Waals surface area contributed by atoms with Gasteiger partial charge in [-0.15, -0.1) is 11.8 Å². The SMILES string of the molecule is CC(N)(CO)CCCCSc1ccc2ccccc2c1. The summed E-state index contributed by atoms with van der Waals surface area (Å²) < 4.78 is 0. The van der Waals surface area contributed by atoms with Gasteiger partial charge in [-0.2, -0.15) is 0 Å². The molecule has 0 aliphatic rings. The number of fused-ring (bicyclic) bond motifs is 1. The average molecular weight is 289 g/mol. The van der Waals surface area contributed by atoms with Gasteiger partial charge in [-0.3, -0.25) is 0 Å². The lowest BCUT2D eigenvalue weighted by Crippen LogP contribution is -2.39. The first-order chi connectivity index (χ1) is 9.61. The van der Waals surface area contributed by atoms with Crippen LogP contribution in [0.4, 0.5) is 0 Å². The Labute approximate surface area is 125 Å². The monoisotopic (exact) mass is 289 g/mol. The number of unbranched alkanes of at least 4 members (excludes halogenated alkanes) is 1. The van der Waals surface area contributed by atoms with Gasteiger partial charge in [0.2, 0.25) is 0 Å². The van der Waals surface area contributed by atoms with Gasteiger partial charge in [-0.05, 0) is 48.4 Å². The van der Waals surface area contributed by atoms with E-state index in [9.17, 15) is 0 Å². The number of thioether (sulfide) groups is 1. The molecular formula is C17H23NOS. The van der Waals surface area contributed by atoms with Gasteiger partial charge in [0.25, 0.3) is 0 Å². The van der Waals surface area contributed by atoms with Crippen molar-refractivity contribution in [3.63, 3.8) is 0 Å². The maximum atomic E-state index is 9.10. The van der Waals surface area contributed by atoms with Crippen molar-refractivity contribution in [2.24, 2.45) is 5.73 Å². The lowest BCUT2D eigenvalue weighted by Gasteiger charge is -2.21. The van der Waals surface area contributed by atoms with Crippen molar-refractivity contribution in [2.45, 2.75) is 36.6 Å².